The fourth-order valence-electron chi connectivity index (χ4n) is 2.93. The van der Waals surface area contributed by atoms with Crippen LogP contribution in [0.15, 0.2) is 48.8 Å². The molecule has 0 amide bonds. The Kier molecular flexibility index (Phi) is 6.00. The number of nitrogens with zero attached hydrogens (tertiary/aromatic N) is 2. The predicted octanol–water partition coefficient (Wildman–Crippen LogP) is 2.90. The van der Waals surface area contributed by atoms with Crippen molar-refractivity contribution in [2.24, 2.45) is 0 Å². The summed E-state index contributed by atoms with van der Waals surface area (Å²) in [6.07, 6.45) is 3.69. The van der Waals surface area contributed by atoms with Gasteiger partial charge in [-0.05, 0) is 23.3 Å². The van der Waals surface area contributed by atoms with Crippen LogP contribution in [0, 0.1) is 0 Å². The van der Waals surface area contributed by atoms with E-state index in [1.807, 2.05) is 24.4 Å². The number of morpholine rings is 1. The lowest BCUT2D eigenvalue weighted by atomic mass is 10.0. The van der Waals surface area contributed by atoms with Gasteiger partial charge in [0.05, 0.1) is 13.2 Å². The van der Waals surface area contributed by atoms with Crippen LogP contribution >= 0.6 is 11.6 Å². The lowest BCUT2D eigenvalue weighted by molar-refractivity contribution is 0.0161. The van der Waals surface area contributed by atoms with Gasteiger partial charge < -0.3 is 10.1 Å². The maximum atomic E-state index is 6.44. The number of benzene rings is 1. The number of aromatic nitrogens is 1. The quantitative estimate of drug-likeness (QED) is 0.883. The van der Waals surface area contributed by atoms with Crippen molar-refractivity contribution in [3.05, 3.63) is 64.9 Å². The molecule has 0 saturated carbocycles. The van der Waals surface area contributed by atoms with Crippen LogP contribution in [0.25, 0.3) is 0 Å². The Morgan fingerprint density at radius 1 is 1.17 bits per heavy atom. The molecule has 3 rings (SSSR count). The Hall–Kier alpha value is -1.46. The molecule has 0 radical (unpaired) electrons. The van der Waals surface area contributed by atoms with Crippen molar-refractivity contribution in [3.63, 3.8) is 0 Å². The van der Waals surface area contributed by atoms with E-state index < -0.39 is 0 Å². The molecule has 1 aromatic carbocycles. The number of hydrogen-bond acceptors (Lipinski definition) is 4. The first kappa shape index (κ1) is 16.4. The van der Waals surface area contributed by atoms with Gasteiger partial charge in [0.1, 0.15) is 0 Å². The highest BCUT2D eigenvalue weighted by Crippen LogP contribution is 2.27. The zero-order chi connectivity index (χ0) is 15.9. The lowest BCUT2D eigenvalue weighted by Gasteiger charge is -2.35. The summed E-state index contributed by atoms with van der Waals surface area (Å²) in [7, 11) is 0. The Morgan fingerprint density at radius 3 is 2.74 bits per heavy atom. The molecular weight excluding hydrogens is 310 g/mol. The summed E-state index contributed by atoms with van der Waals surface area (Å²) in [4.78, 5) is 6.60. The fraction of sp³-hybridized carbons (Fsp3) is 0.389. The SMILES string of the molecule is Clc1ccccc1C(CNCc1cccnc1)N1CCOCC1. The molecule has 1 N–H and O–H groups in total. The van der Waals surface area contributed by atoms with E-state index in [9.17, 15) is 0 Å². The monoisotopic (exact) mass is 331 g/mol. The van der Waals surface area contributed by atoms with Crippen LogP contribution in [0.1, 0.15) is 17.2 Å². The van der Waals surface area contributed by atoms with Crippen molar-refractivity contribution >= 4 is 11.6 Å². The molecule has 0 spiro atoms. The van der Waals surface area contributed by atoms with Crippen molar-refractivity contribution < 1.29 is 4.74 Å². The summed E-state index contributed by atoms with van der Waals surface area (Å²) in [5.41, 5.74) is 2.36. The Bertz CT molecular complexity index is 602. The minimum Gasteiger partial charge on any atom is -0.379 e. The van der Waals surface area contributed by atoms with Crippen molar-refractivity contribution in [1.29, 1.82) is 0 Å². The first-order valence-corrected chi connectivity index (χ1v) is 8.38. The van der Waals surface area contributed by atoms with Crippen LogP contribution in [0.2, 0.25) is 5.02 Å². The van der Waals surface area contributed by atoms with E-state index in [1.165, 1.54) is 11.1 Å². The summed E-state index contributed by atoms with van der Waals surface area (Å²) in [5, 5.41) is 4.37. The van der Waals surface area contributed by atoms with Gasteiger partial charge in [0.15, 0.2) is 0 Å². The number of hydrogen-bond donors (Lipinski definition) is 1. The maximum Gasteiger partial charge on any atom is 0.0594 e. The number of ether oxygens (including phenoxy) is 1. The largest absolute Gasteiger partial charge is 0.379 e. The van der Waals surface area contributed by atoms with Gasteiger partial charge in [-0.1, -0.05) is 35.9 Å². The van der Waals surface area contributed by atoms with E-state index in [2.05, 4.69) is 33.4 Å². The Balaban J connectivity index is 1.69. The van der Waals surface area contributed by atoms with Crippen LogP contribution in [0.3, 0.4) is 0 Å². The van der Waals surface area contributed by atoms with Gasteiger partial charge in [-0.25, -0.2) is 0 Å². The zero-order valence-corrected chi connectivity index (χ0v) is 13.9. The van der Waals surface area contributed by atoms with Gasteiger partial charge in [0.2, 0.25) is 0 Å². The second-order valence-corrected chi connectivity index (χ2v) is 6.09. The standard InChI is InChI=1S/C18H22ClN3O/c19-17-6-2-1-5-16(17)18(22-8-10-23-11-9-22)14-21-13-15-4-3-7-20-12-15/h1-7,12,18,21H,8-11,13-14H2. The maximum absolute atomic E-state index is 6.44. The molecule has 1 saturated heterocycles. The summed E-state index contributed by atoms with van der Waals surface area (Å²) in [5.74, 6) is 0. The third-order valence-corrected chi connectivity index (χ3v) is 4.48. The molecule has 5 heteroatoms. The number of rotatable bonds is 6. The molecular formula is C18H22ClN3O. The molecule has 0 aliphatic carbocycles. The highest BCUT2D eigenvalue weighted by molar-refractivity contribution is 6.31. The number of nitrogens with one attached hydrogen (secondary N) is 1. The van der Waals surface area contributed by atoms with Crippen LogP contribution in [-0.4, -0.2) is 42.7 Å². The summed E-state index contributed by atoms with van der Waals surface area (Å²) in [6.45, 7) is 5.08. The van der Waals surface area contributed by atoms with Gasteiger partial charge in [-0.15, -0.1) is 0 Å². The average molecular weight is 332 g/mol. The molecule has 4 nitrogen and oxygen atoms in total. The fourth-order valence-corrected chi connectivity index (χ4v) is 3.19. The van der Waals surface area contributed by atoms with Crippen LogP contribution in [0.4, 0.5) is 0 Å². The van der Waals surface area contributed by atoms with Crippen LogP contribution in [0.5, 0.6) is 0 Å². The highest BCUT2D eigenvalue weighted by Gasteiger charge is 2.23. The lowest BCUT2D eigenvalue weighted by Crippen LogP contribution is -2.42. The van der Waals surface area contributed by atoms with E-state index in [1.54, 1.807) is 6.20 Å². The Labute approximate surface area is 142 Å². The minimum atomic E-state index is 0.254. The predicted molar refractivity (Wildman–Crippen MR) is 92.5 cm³/mol. The van der Waals surface area contributed by atoms with Gasteiger partial charge >= 0.3 is 0 Å². The van der Waals surface area contributed by atoms with Crippen molar-refractivity contribution in [2.45, 2.75) is 12.6 Å². The van der Waals surface area contributed by atoms with Crippen LogP contribution < -0.4 is 5.32 Å². The second kappa shape index (κ2) is 8.41. The summed E-state index contributed by atoms with van der Waals surface area (Å²) < 4.78 is 5.49. The van der Waals surface area contributed by atoms with Crippen molar-refractivity contribution in [1.82, 2.24) is 15.2 Å². The van der Waals surface area contributed by atoms with E-state index in [-0.39, 0.29) is 6.04 Å². The average Bonchev–Trinajstić information content (AvgIpc) is 2.61. The van der Waals surface area contributed by atoms with Gasteiger partial charge in [0, 0.05) is 49.6 Å². The highest BCUT2D eigenvalue weighted by atomic mass is 35.5. The molecule has 1 unspecified atom stereocenters. The summed E-state index contributed by atoms with van der Waals surface area (Å²) >= 11 is 6.44. The molecule has 122 valence electrons. The van der Waals surface area contributed by atoms with Crippen LogP contribution in [-0.2, 0) is 11.3 Å². The smallest absolute Gasteiger partial charge is 0.0594 e. The van der Waals surface area contributed by atoms with E-state index in [0.717, 1.165) is 44.4 Å². The molecule has 1 aliphatic rings. The van der Waals surface area contributed by atoms with E-state index >= 15 is 0 Å². The van der Waals surface area contributed by atoms with Crippen molar-refractivity contribution in [2.75, 3.05) is 32.8 Å². The molecule has 1 fully saturated rings. The van der Waals surface area contributed by atoms with E-state index in [4.69, 9.17) is 16.3 Å². The minimum absolute atomic E-state index is 0.254. The first-order valence-electron chi connectivity index (χ1n) is 8.00. The normalized spacial score (nSPS) is 17.1. The Morgan fingerprint density at radius 2 is 2.00 bits per heavy atom. The molecule has 2 heterocycles. The third-order valence-electron chi connectivity index (χ3n) is 4.14. The van der Waals surface area contributed by atoms with Gasteiger partial charge in [-0.2, -0.15) is 0 Å². The van der Waals surface area contributed by atoms with Gasteiger partial charge in [-0.3, -0.25) is 9.88 Å². The number of halogens is 1. The molecule has 1 aliphatic heterocycles. The van der Waals surface area contributed by atoms with Gasteiger partial charge in [0.25, 0.3) is 0 Å². The first-order chi connectivity index (χ1) is 11.3. The number of pyridine rings is 1. The molecule has 23 heavy (non-hydrogen) atoms. The topological polar surface area (TPSA) is 37.4 Å². The van der Waals surface area contributed by atoms with Crippen molar-refractivity contribution in [3.8, 4) is 0 Å². The molecule has 2 aromatic rings. The molecule has 0 bridgehead atoms. The molecule has 1 aromatic heterocycles. The summed E-state index contributed by atoms with van der Waals surface area (Å²) in [6, 6.07) is 12.4. The van der Waals surface area contributed by atoms with E-state index in [0.29, 0.717) is 0 Å². The molecule has 1 atom stereocenters. The third kappa shape index (κ3) is 4.52. The zero-order valence-electron chi connectivity index (χ0n) is 13.1. The second-order valence-electron chi connectivity index (χ2n) is 5.68.